The molecule has 0 bridgehead atoms. The molecule has 1 saturated carbocycles. The van der Waals surface area contributed by atoms with E-state index in [0.717, 1.165) is 36.2 Å². The number of hydrogen-bond donors (Lipinski definition) is 1. The third kappa shape index (κ3) is 3.03. The molecule has 0 radical (unpaired) electrons. The van der Waals surface area contributed by atoms with Gasteiger partial charge in [-0.25, -0.2) is 0 Å². The summed E-state index contributed by atoms with van der Waals surface area (Å²) in [4.78, 5) is 14.3. The average molecular weight is 281 g/mol. The Kier molecular flexibility index (Phi) is 4.35. The van der Waals surface area contributed by atoms with Crippen LogP contribution in [0.15, 0.2) is 24.3 Å². The van der Waals surface area contributed by atoms with E-state index in [0.29, 0.717) is 6.42 Å². The molecule has 3 nitrogen and oxygen atoms in total. The second-order valence-electron chi connectivity index (χ2n) is 5.67. The lowest BCUT2D eigenvalue weighted by Crippen LogP contribution is -2.30. The van der Waals surface area contributed by atoms with Gasteiger partial charge >= 0.3 is 0 Å². The van der Waals surface area contributed by atoms with E-state index in [9.17, 15) is 4.79 Å². The number of amides is 1. The summed E-state index contributed by atoms with van der Waals surface area (Å²) in [5.74, 6) is 1.83. The molecule has 2 fully saturated rings. The Labute approximate surface area is 120 Å². The van der Waals surface area contributed by atoms with Crippen molar-refractivity contribution >= 4 is 24.0 Å². The van der Waals surface area contributed by atoms with Crippen LogP contribution in [-0.4, -0.2) is 23.9 Å². The Morgan fingerprint density at radius 2 is 1.74 bits per heavy atom. The number of fused-ring (bicyclic) bond motifs is 1. The lowest BCUT2D eigenvalue weighted by atomic mass is 10.0. The van der Waals surface area contributed by atoms with Crippen LogP contribution in [0, 0.1) is 11.8 Å². The maximum atomic E-state index is 12.2. The third-order valence-electron chi connectivity index (χ3n) is 4.41. The van der Waals surface area contributed by atoms with Crippen molar-refractivity contribution in [2.75, 3.05) is 18.8 Å². The highest BCUT2D eigenvalue weighted by atomic mass is 35.5. The maximum absolute atomic E-state index is 12.2. The monoisotopic (exact) mass is 280 g/mol. The van der Waals surface area contributed by atoms with Crippen LogP contribution in [0.3, 0.4) is 0 Å². The van der Waals surface area contributed by atoms with Crippen molar-refractivity contribution in [3.8, 4) is 0 Å². The van der Waals surface area contributed by atoms with Crippen LogP contribution in [-0.2, 0) is 11.2 Å². The molecule has 104 valence electrons. The molecule has 1 heterocycles. The van der Waals surface area contributed by atoms with Crippen LogP contribution in [0.1, 0.15) is 24.8 Å². The smallest absolute Gasteiger partial charge is 0.227 e. The maximum Gasteiger partial charge on any atom is 0.227 e. The van der Waals surface area contributed by atoms with Gasteiger partial charge in [-0.15, -0.1) is 12.4 Å². The summed E-state index contributed by atoms with van der Waals surface area (Å²) in [6.45, 7) is 1.97. The van der Waals surface area contributed by atoms with Gasteiger partial charge in [0.05, 0.1) is 6.42 Å². The van der Waals surface area contributed by atoms with E-state index >= 15 is 0 Å². The molecule has 0 aromatic heterocycles. The zero-order valence-electron chi connectivity index (χ0n) is 11.0. The molecule has 19 heavy (non-hydrogen) atoms. The molecular weight excluding hydrogens is 260 g/mol. The van der Waals surface area contributed by atoms with Gasteiger partial charge in [0.2, 0.25) is 5.91 Å². The number of anilines is 1. The lowest BCUT2D eigenvalue weighted by molar-refractivity contribution is -0.129. The van der Waals surface area contributed by atoms with Gasteiger partial charge in [0.25, 0.3) is 0 Å². The molecule has 2 N–H and O–H groups in total. The molecule has 2 unspecified atom stereocenters. The summed E-state index contributed by atoms with van der Waals surface area (Å²) in [6.07, 6.45) is 4.50. The molecule has 2 aliphatic rings. The fraction of sp³-hybridized carbons (Fsp3) is 0.533. The zero-order valence-corrected chi connectivity index (χ0v) is 11.9. The Morgan fingerprint density at radius 3 is 2.32 bits per heavy atom. The predicted molar refractivity (Wildman–Crippen MR) is 79.2 cm³/mol. The molecule has 2 atom stereocenters. The number of halogens is 1. The molecule has 1 aliphatic heterocycles. The first-order valence-electron chi connectivity index (χ1n) is 6.84. The SMILES string of the molecule is Cl.Nc1ccc(CC(=O)N2CC3CCCC3C2)cc1. The number of rotatable bonds is 2. The number of carbonyl (C=O) groups is 1. The van der Waals surface area contributed by atoms with Crippen LogP contribution < -0.4 is 5.73 Å². The molecular formula is C15H21ClN2O. The number of nitrogen functional groups attached to an aromatic ring is 1. The topological polar surface area (TPSA) is 46.3 Å². The van der Waals surface area contributed by atoms with Crippen molar-refractivity contribution in [1.82, 2.24) is 4.90 Å². The van der Waals surface area contributed by atoms with Crippen molar-refractivity contribution in [1.29, 1.82) is 0 Å². The van der Waals surface area contributed by atoms with E-state index in [4.69, 9.17) is 5.73 Å². The first kappa shape index (κ1) is 14.2. The second kappa shape index (κ2) is 5.83. The fourth-order valence-electron chi connectivity index (χ4n) is 3.36. The van der Waals surface area contributed by atoms with E-state index in [2.05, 4.69) is 4.90 Å². The van der Waals surface area contributed by atoms with E-state index in [-0.39, 0.29) is 18.3 Å². The normalized spacial score (nSPS) is 24.9. The Morgan fingerprint density at radius 1 is 1.16 bits per heavy atom. The minimum Gasteiger partial charge on any atom is -0.399 e. The molecule has 1 aromatic carbocycles. The van der Waals surface area contributed by atoms with Gasteiger partial charge in [-0.05, 0) is 42.4 Å². The summed E-state index contributed by atoms with van der Waals surface area (Å²) >= 11 is 0. The minimum atomic E-state index is 0. The number of benzene rings is 1. The Balaban J connectivity index is 0.00000133. The molecule has 0 spiro atoms. The van der Waals surface area contributed by atoms with Gasteiger partial charge in [0.1, 0.15) is 0 Å². The van der Waals surface area contributed by atoms with E-state index < -0.39 is 0 Å². The quantitative estimate of drug-likeness (QED) is 0.846. The third-order valence-corrected chi connectivity index (χ3v) is 4.41. The van der Waals surface area contributed by atoms with E-state index in [1.807, 2.05) is 24.3 Å². The Hall–Kier alpha value is -1.22. The average Bonchev–Trinajstić information content (AvgIpc) is 2.92. The first-order chi connectivity index (χ1) is 8.72. The van der Waals surface area contributed by atoms with Crippen LogP contribution in [0.4, 0.5) is 5.69 Å². The van der Waals surface area contributed by atoms with Crippen LogP contribution in [0.5, 0.6) is 0 Å². The standard InChI is InChI=1S/C15H20N2O.ClH/c16-14-6-4-11(5-7-14)8-15(18)17-9-12-2-1-3-13(12)10-17;/h4-7,12-13H,1-3,8-10,16H2;1H. The van der Waals surface area contributed by atoms with Gasteiger partial charge in [0, 0.05) is 18.8 Å². The highest BCUT2D eigenvalue weighted by Gasteiger charge is 2.37. The van der Waals surface area contributed by atoms with Crippen molar-refractivity contribution in [2.24, 2.45) is 11.8 Å². The second-order valence-corrected chi connectivity index (χ2v) is 5.67. The largest absolute Gasteiger partial charge is 0.399 e. The summed E-state index contributed by atoms with van der Waals surface area (Å²) < 4.78 is 0. The van der Waals surface area contributed by atoms with Gasteiger partial charge in [-0.3, -0.25) is 4.79 Å². The number of likely N-dealkylation sites (tertiary alicyclic amines) is 1. The summed E-state index contributed by atoms with van der Waals surface area (Å²) in [5.41, 5.74) is 7.46. The minimum absolute atomic E-state index is 0. The van der Waals surface area contributed by atoms with Crippen LogP contribution >= 0.6 is 12.4 Å². The lowest BCUT2D eigenvalue weighted by Gasteiger charge is -2.17. The van der Waals surface area contributed by atoms with Gasteiger partial charge in [0.15, 0.2) is 0 Å². The molecule has 1 saturated heterocycles. The summed E-state index contributed by atoms with van der Waals surface area (Å²) in [5, 5.41) is 0. The van der Waals surface area contributed by atoms with Gasteiger partial charge in [-0.2, -0.15) is 0 Å². The number of nitrogens with two attached hydrogens (primary N) is 1. The van der Waals surface area contributed by atoms with Gasteiger partial charge in [-0.1, -0.05) is 18.6 Å². The van der Waals surface area contributed by atoms with Crippen molar-refractivity contribution < 1.29 is 4.79 Å². The van der Waals surface area contributed by atoms with Gasteiger partial charge < -0.3 is 10.6 Å². The molecule has 1 amide bonds. The fourth-order valence-corrected chi connectivity index (χ4v) is 3.36. The summed E-state index contributed by atoms with van der Waals surface area (Å²) in [7, 11) is 0. The molecule has 1 aromatic rings. The van der Waals surface area contributed by atoms with E-state index in [1.54, 1.807) is 0 Å². The van der Waals surface area contributed by atoms with Crippen LogP contribution in [0.2, 0.25) is 0 Å². The van der Waals surface area contributed by atoms with Crippen molar-refractivity contribution in [3.63, 3.8) is 0 Å². The van der Waals surface area contributed by atoms with Crippen molar-refractivity contribution in [2.45, 2.75) is 25.7 Å². The van der Waals surface area contributed by atoms with Crippen molar-refractivity contribution in [3.05, 3.63) is 29.8 Å². The molecule has 4 heteroatoms. The van der Waals surface area contributed by atoms with Crippen LogP contribution in [0.25, 0.3) is 0 Å². The highest BCUT2D eigenvalue weighted by molar-refractivity contribution is 5.85. The first-order valence-corrected chi connectivity index (χ1v) is 6.84. The number of nitrogens with zero attached hydrogens (tertiary/aromatic N) is 1. The highest BCUT2D eigenvalue weighted by Crippen LogP contribution is 2.37. The predicted octanol–water partition coefficient (Wildman–Crippen LogP) is 2.49. The number of hydrogen-bond acceptors (Lipinski definition) is 2. The number of carbonyl (C=O) groups excluding carboxylic acids is 1. The van der Waals surface area contributed by atoms with E-state index in [1.165, 1.54) is 19.3 Å². The molecule has 3 rings (SSSR count). The Bertz CT molecular complexity index is 434. The zero-order chi connectivity index (χ0) is 12.5. The molecule has 1 aliphatic carbocycles. The summed E-state index contributed by atoms with van der Waals surface area (Å²) in [6, 6.07) is 7.62.